The molecular weight excluding hydrogens is 420 g/mol. The average molecular weight is 445 g/mol. The zero-order valence-corrected chi connectivity index (χ0v) is 18.5. The highest BCUT2D eigenvalue weighted by atomic mass is 32.2. The second kappa shape index (κ2) is 9.88. The topological polar surface area (TPSA) is 75.7 Å². The van der Waals surface area contributed by atoms with Crippen molar-refractivity contribution in [2.75, 3.05) is 18.4 Å². The van der Waals surface area contributed by atoms with Crippen LogP contribution in [0.25, 0.3) is 0 Å². The summed E-state index contributed by atoms with van der Waals surface area (Å²) in [5, 5.41) is 6.63. The normalized spacial score (nSPS) is 11.4. The number of nitrogens with zero attached hydrogens (tertiary/aromatic N) is 1. The zero-order valence-electron chi connectivity index (χ0n) is 16.9. The summed E-state index contributed by atoms with van der Waals surface area (Å²) in [5.41, 5.74) is 1.21. The first kappa shape index (κ1) is 22.0. The highest BCUT2D eigenvalue weighted by Crippen LogP contribution is 2.33. The Balaban J connectivity index is 1.94. The van der Waals surface area contributed by atoms with Crippen molar-refractivity contribution in [1.29, 1.82) is 0 Å². The van der Waals surface area contributed by atoms with Gasteiger partial charge in [0.15, 0.2) is 5.75 Å². The number of sulfonamides is 1. The maximum atomic E-state index is 12.9. The first-order chi connectivity index (χ1) is 14.4. The predicted octanol–water partition coefficient (Wildman–Crippen LogP) is 4.75. The van der Waals surface area contributed by atoms with Crippen LogP contribution in [0.4, 0.5) is 5.69 Å². The number of nitrogens with one attached hydrogen (secondary N) is 1. The van der Waals surface area contributed by atoms with Crippen molar-refractivity contribution in [2.45, 2.75) is 25.2 Å². The minimum Gasteiger partial charge on any atom is -0.455 e. The maximum absolute atomic E-state index is 12.9. The molecule has 0 aliphatic heterocycles. The molecule has 8 heteroatoms. The molecule has 0 aliphatic rings. The highest BCUT2D eigenvalue weighted by molar-refractivity contribution is 7.89. The van der Waals surface area contributed by atoms with Crippen molar-refractivity contribution in [2.24, 2.45) is 0 Å². The Hall–Kier alpha value is -2.68. The smallest absolute Gasteiger partial charge is 0.243 e. The van der Waals surface area contributed by atoms with Gasteiger partial charge in [-0.1, -0.05) is 32.0 Å². The van der Waals surface area contributed by atoms with Gasteiger partial charge in [-0.2, -0.15) is 15.6 Å². The third-order valence-corrected chi connectivity index (χ3v) is 7.26. The molecule has 158 valence electrons. The van der Waals surface area contributed by atoms with Gasteiger partial charge in [-0.15, -0.1) is 0 Å². The minimum absolute atomic E-state index is 0.109. The Morgan fingerprint density at radius 3 is 2.43 bits per heavy atom. The lowest BCUT2D eigenvalue weighted by molar-refractivity contribution is -0.115. The molecule has 3 rings (SSSR count). The number of rotatable bonds is 9. The first-order valence-electron chi connectivity index (χ1n) is 9.62. The molecule has 1 aromatic heterocycles. The van der Waals surface area contributed by atoms with E-state index in [0.717, 1.165) is 5.56 Å². The molecule has 0 bridgehead atoms. The van der Waals surface area contributed by atoms with Gasteiger partial charge in [0.05, 0.1) is 17.0 Å². The molecule has 0 saturated heterocycles. The molecule has 0 spiro atoms. The Kier molecular flexibility index (Phi) is 7.25. The molecule has 6 nitrogen and oxygen atoms in total. The molecule has 0 fully saturated rings. The third-order valence-electron chi connectivity index (χ3n) is 4.48. The molecular formula is C22H24N2O4S2. The van der Waals surface area contributed by atoms with Gasteiger partial charge in [0.2, 0.25) is 15.9 Å². The molecule has 0 aliphatic carbocycles. The van der Waals surface area contributed by atoms with Gasteiger partial charge in [-0.3, -0.25) is 4.79 Å². The summed E-state index contributed by atoms with van der Waals surface area (Å²) in [6.07, 6.45) is 0.196. The van der Waals surface area contributed by atoms with Gasteiger partial charge < -0.3 is 10.1 Å². The molecule has 0 saturated carbocycles. The van der Waals surface area contributed by atoms with Crippen molar-refractivity contribution in [3.05, 3.63) is 70.9 Å². The first-order valence-corrected chi connectivity index (χ1v) is 12.0. The zero-order chi connectivity index (χ0) is 21.6. The molecule has 0 unspecified atom stereocenters. The van der Waals surface area contributed by atoms with Gasteiger partial charge in [0.1, 0.15) is 5.75 Å². The number of hydrogen-bond acceptors (Lipinski definition) is 5. The fourth-order valence-electron chi connectivity index (χ4n) is 2.96. The molecule has 0 atom stereocenters. The molecule has 30 heavy (non-hydrogen) atoms. The summed E-state index contributed by atoms with van der Waals surface area (Å²) in [7, 11) is -3.67. The van der Waals surface area contributed by atoms with Gasteiger partial charge in [0, 0.05) is 13.1 Å². The molecule has 1 N–H and O–H groups in total. The molecule has 3 aromatic rings. The Morgan fingerprint density at radius 2 is 1.80 bits per heavy atom. The number of thiophene rings is 1. The van der Waals surface area contributed by atoms with E-state index in [1.807, 2.05) is 35.0 Å². The van der Waals surface area contributed by atoms with E-state index < -0.39 is 10.0 Å². The number of carbonyl (C=O) groups excluding carboxylic acids is 1. The standard InChI is InChI=1S/C22H24N2O4S2/c1-3-24(4-2)30(26,27)19-10-11-21(28-18-8-6-5-7-9-18)20(15-19)23-22(25)14-17-12-13-29-16-17/h5-13,15-16H,3-4,14H2,1-2H3,(H,23,25). The van der Waals surface area contributed by atoms with Gasteiger partial charge >= 0.3 is 0 Å². The monoisotopic (exact) mass is 444 g/mol. The van der Waals surface area contributed by atoms with Crippen LogP contribution in [0.1, 0.15) is 19.4 Å². The fraction of sp³-hybridized carbons (Fsp3) is 0.227. The number of ether oxygens (including phenoxy) is 1. The SMILES string of the molecule is CCN(CC)S(=O)(=O)c1ccc(Oc2ccccc2)c(NC(=O)Cc2ccsc2)c1. The van der Waals surface area contributed by atoms with E-state index in [1.165, 1.54) is 27.8 Å². The fourth-order valence-corrected chi connectivity index (χ4v) is 5.11. The molecule has 2 aromatic carbocycles. The van der Waals surface area contributed by atoms with E-state index in [-0.39, 0.29) is 17.2 Å². The Bertz CT molecular complexity index is 1080. The summed E-state index contributed by atoms with van der Waals surface area (Å²) >= 11 is 1.52. The number of anilines is 1. The lowest BCUT2D eigenvalue weighted by Gasteiger charge is -2.20. The van der Waals surface area contributed by atoms with Crippen LogP contribution < -0.4 is 10.1 Å². The van der Waals surface area contributed by atoms with Crippen molar-refractivity contribution in [3.63, 3.8) is 0 Å². The number of hydrogen-bond donors (Lipinski definition) is 1. The summed E-state index contributed by atoms with van der Waals surface area (Å²) in [6, 6.07) is 15.5. The van der Waals surface area contributed by atoms with Crippen LogP contribution in [0, 0.1) is 0 Å². The number of carbonyl (C=O) groups is 1. The van der Waals surface area contributed by atoms with Crippen molar-refractivity contribution >= 4 is 33.0 Å². The molecule has 1 amide bonds. The average Bonchev–Trinajstić information content (AvgIpc) is 3.23. The van der Waals surface area contributed by atoms with E-state index in [1.54, 1.807) is 32.0 Å². The second-order valence-electron chi connectivity index (χ2n) is 6.52. The Labute approximate surface area is 181 Å². The quantitative estimate of drug-likeness (QED) is 0.517. The molecule has 0 radical (unpaired) electrons. The van der Waals surface area contributed by atoms with E-state index in [9.17, 15) is 13.2 Å². The number of para-hydroxylation sites is 1. The van der Waals surface area contributed by atoms with Gasteiger partial charge in [-0.25, -0.2) is 8.42 Å². The minimum atomic E-state index is -3.67. The van der Waals surface area contributed by atoms with E-state index >= 15 is 0 Å². The van der Waals surface area contributed by atoms with Crippen molar-refractivity contribution < 1.29 is 17.9 Å². The summed E-state index contributed by atoms with van der Waals surface area (Å²) in [5.74, 6) is 0.715. The van der Waals surface area contributed by atoms with Crippen molar-refractivity contribution in [3.8, 4) is 11.5 Å². The van der Waals surface area contributed by atoms with Crippen LogP contribution in [0.15, 0.2) is 70.3 Å². The van der Waals surface area contributed by atoms with Crippen LogP contribution in [0.2, 0.25) is 0 Å². The van der Waals surface area contributed by atoms with Crippen molar-refractivity contribution in [1.82, 2.24) is 4.31 Å². The van der Waals surface area contributed by atoms with E-state index in [4.69, 9.17) is 4.74 Å². The lowest BCUT2D eigenvalue weighted by Crippen LogP contribution is -2.30. The number of amides is 1. The van der Waals surface area contributed by atoms with Crippen LogP contribution in [0.5, 0.6) is 11.5 Å². The number of benzene rings is 2. The van der Waals surface area contributed by atoms with Crippen LogP contribution >= 0.6 is 11.3 Å². The summed E-state index contributed by atoms with van der Waals surface area (Å²) < 4.78 is 33.1. The van der Waals surface area contributed by atoms with Gasteiger partial charge in [-0.05, 0) is 52.7 Å². The summed E-state index contributed by atoms with van der Waals surface area (Å²) in [4.78, 5) is 12.7. The summed E-state index contributed by atoms with van der Waals surface area (Å²) in [6.45, 7) is 4.30. The highest BCUT2D eigenvalue weighted by Gasteiger charge is 2.23. The predicted molar refractivity (Wildman–Crippen MR) is 120 cm³/mol. The van der Waals surface area contributed by atoms with Crippen LogP contribution in [0.3, 0.4) is 0 Å². The molecule has 1 heterocycles. The second-order valence-corrected chi connectivity index (χ2v) is 9.24. The lowest BCUT2D eigenvalue weighted by atomic mass is 10.2. The largest absolute Gasteiger partial charge is 0.455 e. The van der Waals surface area contributed by atoms with E-state index in [2.05, 4.69) is 5.32 Å². The van der Waals surface area contributed by atoms with Gasteiger partial charge in [0.25, 0.3) is 0 Å². The third kappa shape index (κ3) is 5.27. The van der Waals surface area contributed by atoms with E-state index in [0.29, 0.717) is 30.3 Å². The van der Waals surface area contributed by atoms with Crippen LogP contribution in [-0.4, -0.2) is 31.7 Å². The Morgan fingerprint density at radius 1 is 1.07 bits per heavy atom. The maximum Gasteiger partial charge on any atom is 0.243 e. The van der Waals surface area contributed by atoms with Crippen LogP contribution in [-0.2, 0) is 21.2 Å².